The van der Waals surface area contributed by atoms with Gasteiger partial charge in [0.1, 0.15) is 5.75 Å². The van der Waals surface area contributed by atoms with Crippen LogP contribution < -0.4 is 10.6 Å². The average molecular weight is 208 g/mol. The molecule has 15 heavy (non-hydrogen) atoms. The molecular weight excluding hydrogens is 192 g/mol. The monoisotopic (exact) mass is 208 g/mol. The van der Waals surface area contributed by atoms with Gasteiger partial charge >= 0.3 is 0 Å². The topological polar surface area (TPSA) is 55.6 Å². The van der Waals surface area contributed by atoms with Gasteiger partial charge in [0.25, 0.3) is 5.91 Å². The fourth-order valence-corrected chi connectivity index (χ4v) is 1.43. The fourth-order valence-electron chi connectivity index (χ4n) is 1.43. The Morgan fingerprint density at radius 3 is 2.40 bits per heavy atom. The van der Waals surface area contributed by atoms with Gasteiger partial charge in [0.05, 0.1) is 7.11 Å². The minimum absolute atomic E-state index is 0.196. The molecule has 0 unspecified atom stereocenters. The zero-order chi connectivity index (χ0) is 11.6. The third-order valence-corrected chi connectivity index (χ3v) is 2.29. The van der Waals surface area contributed by atoms with Crippen molar-refractivity contribution < 1.29 is 9.53 Å². The first-order valence-electron chi connectivity index (χ1n) is 4.65. The summed E-state index contributed by atoms with van der Waals surface area (Å²) in [5, 5.41) is 1.08. The maximum atomic E-state index is 11.7. The Kier molecular flexibility index (Phi) is 3.31. The Morgan fingerprint density at radius 1 is 1.33 bits per heavy atom. The molecule has 0 spiro atoms. The molecule has 0 atom stereocenters. The van der Waals surface area contributed by atoms with Crippen LogP contribution in [-0.4, -0.2) is 25.1 Å². The van der Waals surface area contributed by atoms with E-state index in [1.807, 2.05) is 19.9 Å². The van der Waals surface area contributed by atoms with Crippen molar-refractivity contribution in [3.8, 4) is 5.75 Å². The van der Waals surface area contributed by atoms with Gasteiger partial charge in [-0.3, -0.25) is 9.80 Å². The van der Waals surface area contributed by atoms with Crippen molar-refractivity contribution in [1.82, 2.24) is 5.01 Å². The van der Waals surface area contributed by atoms with E-state index in [1.165, 1.54) is 7.05 Å². The summed E-state index contributed by atoms with van der Waals surface area (Å²) in [5.74, 6) is 6.00. The minimum atomic E-state index is -0.196. The van der Waals surface area contributed by atoms with Gasteiger partial charge in [-0.15, -0.1) is 0 Å². The number of hydrazine groups is 1. The standard InChI is InChI=1S/C11H16N2O2/c1-7-6-10(15-4)8(2)5-9(7)11(14)13(3)12/h5-6H,12H2,1-4H3. The highest BCUT2D eigenvalue weighted by molar-refractivity contribution is 5.95. The highest BCUT2D eigenvalue weighted by atomic mass is 16.5. The Balaban J connectivity index is 3.22. The van der Waals surface area contributed by atoms with E-state index in [2.05, 4.69) is 0 Å². The summed E-state index contributed by atoms with van der Waals surface area (Å²) < 4.78 is 5.16. The number of ether oxygens (including phenoxy) is 1. The number of benzene rings is 1. The van der Waals surface area contributed by atoms with Gasteiger partial charge < -0.3 is 4.74 Å². The van der Waals surface area contributed by atoms with Crippen molar-refractivity contribution in [2.24, 2.45) is 5.84 Å². The van der Waals surface area contributed by atoms with Crippen LogP contribution >= 0.6 is 0 Å². The van der Waals surface area contributed by atoms with Gasteiger partial charge in [-0.05, 0) is 37.1 Å². The maximum Gasteiger partial charge on any atom is 0.267 e. The quantitative estimate of drug-likeness (QED) is 0.452. The predicted octanol–water partition coefficient (Wildman–Crippen LogP) is 1.26. The normalized spacial score (nSPS) is 9.93. The van der Waals surface area contributed by atoms with Crippen molar-refractivity contribution in [3.63, 3.8) is 0 Å². The largest absolute Gasteiger partial charge is 0.496 e. The van der Waals surface area contributed by atoms with Crippen molar-refractivity contribution >= 4 is 5.91 Å². The number of methoxy groups -OCH3 is 1. The first kappa shape index (κ1) is 11.5. The van der Waals surface area contributed by atoms with Crippen LogP contribution in [0.3, 0.4) is 0 Å². The number of carbonyl (C=O) groups excluding carboxylic acids is 1. The van der Waals surface area contributed by atoms with E-state index in [0.29, 0.717) is 5.56 Å². The van der Waals surface area contributed by atoms with E-state index in [4.69, 9.17) is 10.6 Å². The molecule has 4 heteroatoms. The Hall–Kier alpha value is -1.55. The predicted molar refractivity (Wildman–Crippen MR) is 58.7 cm³/mol. The molecule has 1 aromatic rings. The molecule has 0 aliphatic heterocycles. The van der Waals surface area contributed by atoms with Crippen LogP contribution in [0.2, 0.25) is 0 Å². The molecule has 0 heterocycles. The van der Waals surface area contributed by atoms with E-state index in [9.17, 15) is 4.79 Å². The lowest BCUT2D eigenvalue weighted by atomic mass is 10.0. The third kappa shape index (κ3) is 2.27. The number of hydrogen-bond acceptors (Lipinski definition) is 3. The average Bonchev–Trinajstić information content (AvgIpc) is 2.19. The summed E-state index contributed by atoms with van der Waals surface area (Å²) in [6, 6.07) is 3.63. The molecular formula is C11H16N2O2. The molecule has 1 amide bonds. The van der Waals surface area contributed by atoms with Crippen molar-refractivity contribution in [2.45, 2.75) is 13.8 Å². The number of rotatable bonds is 2. The molecule has 0 fully saturated rings. The summed E-state index contributed by atoms with van der Waals surface area (Å²) in [5.41, 5.74) is 2.39. The Morgan fingerprint density at radius 2 is 1.93 bits per heavy atom. The number of amides is 1. The Labute approximate surface area is 89.6 Å². The first-order chi connectivity index (χ1) is 6.97. The lowest BCUT2D eigenvalue weighted by molar-refractivity contribution is 0.0794. The van der Waals surface area contributed by atoms with Gasteiger partial charge in [-0.25, -0.2) is 5.84 Å². The number of aryl methyl sites for hydroxylation is 2. The number of carbonyl (C=O) groups is 1. The maximum absolute atomic E-state index is 11.7. The zero-order valence-electron chi connectivity index (χ0n) is 9.50. The molecule has 0 radical (unpaired) electrons. The second-order valence-corrected chi connectivity index (χ2v) is 3.55. The van der Waals surface area contributed by atoms with Gasteiger partial charge in [0.2, 0.25) is 0 Å². The second kappa shape index (κ2) is 4.31. The molecule has 1 aromatic carbocycles. The van der Waals surface area contributed by atoms with E-state index in [0.717, 1.165) is 21.9 Å². The van der Waals surface area contributed by atoms with Crippen LogP contribution in [0.1, 0.15) is 21.5 Å². The smallest absolute Gasteiger partial charge is 0.267 e. The lowest BCUT2D eigenvalue weighted by Crippen LogP contribution is -2.33. The van der Waals surface area contributed by atoms with Crippen LogP contribution in [0, 0.1) is 13.8 Å². The molecule has 1 rings (SSSR count). The van der Waals surface area contributed by atoms with Crippen LogP contribution in [0.15, 0.2) is 12.1 Å². The summed E-state index contributed by atoms with van der Waals surface area (Å²) in [6.07, 6.45) is 0. The highest BCUT2D eigenvalue weighted by Gasteiger charge is 2.13. The third-order valence-electron chi connectivity index (χ3n) is 2.29. The summed E-state index contributed by atoms with van der Waals surface area (Å²) >= 11 is 0. The molecule has 2 N–H and O–H groups in total. The van der Waals surface area contributed by atoms with Crippen LogP contribution in [0.5, 0.6) is 5.75 Å². The van der Waals surface area contributed by atoms with Gasteiger partial charge in [0.15, 0.2) is 0 Å². The van der Waals surface area contributed by atoms with E-state index < -0.39 is 0 Å². The number of hydrogen-bond donors (Lipinski definition) is 1. The molecule has 82 valence electrons. The lowest BCUT2D eigenvalue weighted by Gasteiger charge is -2.14. The molecule has 0 aliphatic rings. The van der Waals surface area contributed by atoms with Gasteiger partial charge in [-0.1, -0.05) is 0 Å². The molecule has 0 saturated carbocycles. The molecule has 0 aromatic heterocycles. The van der Waals surface area contributed by atoms with E-state index in [-0.39, 0.29) is 5.91 Å². The van der Waals surface area contributed by atoms with Crippen LogP contribution in [0.4, 0.5) is 0 Å². The summed E-state index contributed by atoms with van der Waals surface area (Å²) in [7, 11) is 3.14. The summed E-state index contributed by atoms with van der Waals surface area (Å²) in [4.78, 5) is 11.7. The van der Waals surface area contributed by atoms with E-state index in [1.54, 1.807) is 13.2 Å². The van der Waals surface area contributed by atoms with Gasteiger partial charge in [0, 0.05) is 12.6 Å². The van der Waals surface area contributed by atoms with Crippen LogP contribution in [-0.2, 0) is 0 Å². The zero-order valence-corrected chi connectivity index (χ0v) is 9.50. The van der Waals surface area contributed by atoms with Crippen molar-refractivity contribution in [1.29, 1.82) is 0 Å². The number of nitrogens with zero attached hydrogens (tertiary/aromatic N) is 1. The van der Waals surface area contributed by atoms with Crippen molar-refractivity contribution in [3.05, 3.63) is 28.8 Å². The SMILES string of the molecule is COc1cc(C)c(C(=O)N(C)N)cc1C. The highest BCUT2D eigenvalue weighted by Crippen LogP contribution is 2.22. The fraction of sp³-hybridized carbons (Fsp3) is 0.364. The van der Waals surface area contributed by atoms with Gasteiger partial charge in [-0.2, -0.15) is 0 Å². The van der Waals surface area contributed by atoms with E-state index >= 15 is 0 Å². The molecule has 4 nitrogen and oxygen atoms in total. The molecule has 0 saturated heterocycles. The van der Waals surface area contributed by atoms with Crippen molar-refractivity contribution in [2.75, 3.05) is 14.2 Å². The number of nitrogens with two attached hydrogens (primary N) is 1. The molecule has 0 aliphatic carbocycles. The minimum Gasteiger partial charge on any atom is -0.496 e. The molecule has 0 bridgehead atoms. The first-order valence-corrected chi connectivity index (χ1v) is 4.65. The summed E-state index contributed by atoms with van der Waals surface area (Å²) in [6.45, 7) is 3.75. The Bertz CT molecular complexity index is 386. The second-order valence-electron chi connectivity index (χ2n) is 3.55. The van der Waals surface area contributed by atoms with Crippen LogP contribution in [0.25, 0.3) is 0 Å².